The molecule has 2 rings (SSSR count). The van der Waals surface area contributed by atoms with Crippen LogP contribution in [0.1, 0.15) is 16.7 Å². The van der Waals surface area contributed by atoms with Gasteiger partial charge in [-0.3, -0.25) is 4.79 Å². The van der Waals surface area contributed by atoms with Crippen molar-refractivity contribution in [2.45, 2.75) is 20.3 Å². The third kappa shape index (κ3) is 3.67. The Morgan fingerprint density at radius 2 is 1.86 bits per heavy atom. The number of nitrogens with one attached hydrogen (secondary N) is 1. The number of phenols is 2. The molecule has 4 nitrogen and oxygen atoms in total. The molecule has 2 aromatic carbocycles. The average Bonchev–Trinajstić information content (AvgIpc) is 2.38. The highest BCUT2D eigenvalue weighted by Crippen LogP contribution is 2.28. The number of halogens is 1. The quantitative estimate of drug-likeness (QED) is 0.760. The van der Waals surface area contributed by atoms with E-state index in [4.69, 9.17) is 11.6 Å². The fraction of sp³-hybridized carbons (Fsp3) is 0.188. The van der Waals surface area contributed by atoms with Gasteiger partial charge in [0, 0.05) is 0 Å². The maximum atomic E-state index is 12.1. The lowest BCUT2D eigenvalue weighted by Crippen LogP contribution is -2.15. The lowest BCUT2D eigenvalue weighted by molar-refractivity contribution is -0.115. The van der Waals surface area contributed by atoms with Crippen LogP contribution in [0.4, 0.5) is 5.69 Å². The smallest absolute Gasteiger partial charge is 0.228 e. The SMILES string of the molecule is Cc1cc(C)c(NC(=O)Cc2ccc(O)c(O)c2)c(Cl)c1. The molecule has 1 amide bonds. The number of amides is 1. The van der Waals surface area contributed by atoms with Gasteiger partial charge in [-0.25, -0.2) is 0 Å². The monoisotopic (exact) mass is 305 g/mol. The third-order valence-electron chi connectivity index (χ3n) is 3.10. The van der Waals surface area contributed by atoms with E-state index in [2.05, 4.69) is 5.32 Å². The number of hydrogen-bond donors (Lipinski definition) is 3. The van der Waals surface area contributed by atoms with Crippen molar-refractivity contribution in [3.05, 3.63) is 52.0 Å². The molecule has 0 aliphatic heterocycles. The van der Waals surface area contributed by atoms with E-state index in [1.165, 1.54) is 12.1 Å². The predicted octanol–water partition coefficient (Wildman–Crippen LogP) is 3.55. The summed E-state index contributed by atoms with van der Waals surface area (Å²) in [7, 11) is 0. The first-order valence-electron chi connectivity index (χ1n) is 6.44. The molecule has 0 aliphatic carbocycles. The second-order valence-electron chi connectivity index (χ2n) is 4.99. The van der Waals surface area contributed by atoms with Gasteiger partial charge in [0.15, 0.2) is 11.5 Å². The Bertz CT molecular complexity index is 675. The molecule has 0 bridgehead atoms. The van der Waals surface area contributed by atoms with Crippen LogP contribution in [0.2, 0.25) is 5.02 Å². The maximum absolute atomic E-state index is 12.1. The molecule has 0 aromatic heterocycles. The van der Waals surface area contributed by atoms with Gasteiger partial charge in [-0.1, -0.05) is 23.7 Å². The van der Waals surface area contributed by atoms with Gasteiger partial charge >= 0.3 is 0 Å². The summed E-state index contributed by atoms with van der Waals surface area (Å²) in [6.07, 6.45) is 0.0808. The number of rotatable bonds is 3. The molecule has 0 radical (unpaired) electrons. The predicted molar refractivity (Wildman–Crippen MR) is 83.0 cm³/mol. The zero-order valence-electron chi connectivity index (χ0n) is 11.8. The molecule has 0 aliphatic rings. The molecule has 0 atom stereocenters. The van der Waals surface area contributed by atoms with Crippen LogP contribution in [0.25, 0.3) is 0 Å². The second kappa shape index (κ2) is 6.06. The Morgan fingerprint density at radius 3 is 2.48 bits per heavy atom. The fourth-order valence-electron chi connectivity index (χ4n) is 2.12. The molecule has 0 spiro atoms. The zero-order chi connectivity index (χ0) is 15.6. The number of carbonyl (C=O) groups is 1. The minimum absolute atomic E-state index is 0.0808. The first-order chi connectivity index (χ1) is 9.86. The van der Waals surface area contributed by atoms with Crippen LogP contribution in [-0.2, 0) is 11.2 Å². The van der Waals surface area contributed by atoms with Gasteiger partial charge in [0.05, 0.1) is 17.1 Å². The number of aromatic hydroxyl groups is 2. The summed E-state index contributed by atoms with van der Waals surface area (Å²) in [4.78, 5) is 12.1. The molecule has 0 saturated carbocycles. The van der Waals surface area contributed by atoms with Gasteiger partial charge in [-0.2, -0.15) is 0 Å². The number of hydrogen-bond acceptors (Lipinski definition) is 3. The number of carbonyl (C=O) groups excluding carboxylic acids is 1. The molecule has 0 saturated heterocycles. The van der Waals surface area contributed by atoms with Crippen molar-refractivity contribution in [3.8, 4) is 11.5 Å². The lowest BCUT2D eigenvalue weighted by atomic mass is 10.1. The van der Waals surface area contributed by atoms with E-state index in [1.54, 1.807) is 12.1 Å². The van der Waals surface area contributed by atoms with Crippen LogP contribution < -0.4 is 5.32 Å². The van der Waals surface area contributed by atoms with Crippen LogP contribution in [0, 0.1) is 13.8 Å². The first kappa shape index (κ1) is 15.2. The van der Waals surface area contributed by atoms with Gasteiger partial charge in [-0.15, -0.1) is 0 Å². The van der Waals surface area contributed by atoms with Crippen LogP contribution in [-0.4, -0.2) is 16.1 Å². The van der Waals surface area contributed by atoms with Crippen molar-refractivity contribution in [2.24, 2.45) is 0 Å². The number of benzene rings is 2. The van der Waals surface area contributed by atoms with Crippen LogP contribution in [0.5, 0.6) is 11.5 Å². The summed E-state index contributed by atoms with van der Waals surface area (Å²) < 4.78 is 0. The highest BCUT2D eigenvalue weighted by molar-refractivity contribution is 6.34. The van der Waals surface area contributed by atoms with Crippen LogP contribution in [0.3, 0.4) is 0 Å². The highest BCUT2D eigenvalue weighted by atomic mass is 35.5. The van der Waals surface area contributed by atoms with E-state index in [0.29, 0.717) is 16.3 Å². The Labute approximate surface area is 128 Å². The molecule has 110 valence electrons. The molecule has 0 fully saturated rings. The maximum Gasteiger partial charge on any atom is 0.228 e. The minimum Gasteiger partial charge on any atom is -0.504 e. The Hall–Kier alpha value is -2.20. The summed E-state index contributed by atoms with van der Waals surface area (Å²) in [6, 6.07) is 8.02. The summed E-state index contributed by atoms with van der Waals surface area (Å²) in [5, 5.41) is 21.9. The fourth-order valence-corrected chi connectivity index (χ4v) is 2.49. The number of anilines is 1. The van der Waals surface area contributed by atoms with Gasteiger partial charge < -0.3 is 15.5 Å². The third-order valence-corrected chi connectivity index (χ3v) is 3.40. The number of aryl methyl sites for hydroxylation is 2. The topological polar surface area (TPSA) is 69.6 Å². The van der Waals surface area contributed by atoms with Crippen molar-refractivity contribution in [3.63, 3.8) is 0 Å². The Morgan fingerprint density at radius 1 is 1.14 bits per heavy atom. The zero-order valence-corrected chi connectivity index (χ0v) is 12.5. The van der Waals surface area contributed by atoms with Crippen molar-refractivity contribution in [1.82, 2.24) is 0 Å². The lowest BCUT2D eigenvalue weighted by Gasteiger charge is -2.12. The van der Waals surface area contributed by atoms with Gasteiger partial charge in [-0.05, 0) is 48.7 Å². The Kier molecular flexibility index (Phi) is 4.38. The largest absolute Gasteiger partial charge is 0.504 e. The van der Waals surface area contributed by atoms with E-state index in [-0.39, 0.29) is 23.8 Å². The van der Waals surface area contributed by atoms with Crippen molar-refractivity contribution >= 4 is 23.2 Å². The summed E-state index contributed by atoms with van der Waals surface area (Å²) in [6.45, 7) is 3.81. The molecule has 5 heteroatoms. The molecule has 3 N–H and O–H groups in total. The molecule has 21 heavy (non-hydrogen) atoms. The minimum atomic E-state index is -0.246. The van der Waals surface area contributed by atoms with Gasteiger partial charge in [0.25, 0.3) is 0 Å². The molecule has 2 aromatic rings. The van der Waals surface area contributed by atoms with Crippen LogP contribution in [0.15, 0.2) is 30.3 Å². The molecular formula is C16H16ClNO3. The summed E-state index contributed by atoms with van der Waals surface area (Å²) >= 11 is 6.14. The van der Waals surface area contributed by atoms with Crippen LogP contribution >= 0.6 is 11.6 Å². The van der Waals surface area contributed by atoms with Gasteiger partial charge in [0.2, 0.25) is 5.91 Å². The molecule has 0 unspecified atom stereocenters. The van der Waals surface area contributed by atoms with Crippen molar-refractivity contribution in [2.75, 3.05) is 5.32 Å². The van der Waals surface area contributed by atoms with Gasteiger partial charge in [0.1, 0.15) is 0 Å². The van der Waals surface area contributed by atoms with Crippen molar-refractivity contribution < 1.29 is 15.0 Å². The van der Waals surface area contributed by atoms with E-state index in [0.717, 1.165) is 11.1 Å². The number of phenolic OH excluding ortho intramolecular Hbond substituents is 2. The summed E-state index contributed by atoms with van der Waals surface area (Å²) in [5.74, 6) is -0.699. The van der Waals surface area contributed by atoms with E-state index >= 15 is 0 Å². The van der Waals surface area contributed by atoms with E-state index < -0.39 is 0 Å². The molecule has 0 heterocycles. The summed E-state index contributed by atoms with van der Waals surface area (Å²) in [5.41, 5.74) is 3.11. The first-order valence-corrected chi connectivity index (χ1v) is 6.82. The highest BCUT2D eigenvalue weighted by Gasteiger charge is 2.11. The van der Waals surface area contributed by atoms with Crippen molar-refractivity contribution in [1.29, 1.82) is 0 Å². The molecular weight excluding hydrogens is 290 g/mol. The second-order valence-corrected chi connectivity index (χ2v) is 5.39. The standard InChI is InChI=1S/C16H16ClNO3/c1-9-5-10(2)16(12(17)6-9)18-15(21)8-11-3-4-13(19)14(20)7-11/h3-7,19-20H,8H2,1-2H3,(H,18,21). The Balaban J connectivity index is 2.13. The van der Waals surface area contributed by atoms with E-state index in [1.807, 2.05) is 19.9 Å². The normalized spacial score (nSPS) is 10.4. The van der Waals surface area contributed by atoms with E-state index in [9.17, 15) is 15.0 Å². The average molecular weight is 306 g/mol.